The number of aryl methyl sites for hydroxylation is 2. The van der Waals surface area contributed by atoms with E-state index in [1.54, 1.807) is 12.3 Å². The van der Waals surface area contributed by atoms with Crippen molar-refractivity contribution in [2.24, 2.45) is 5.73 Å². The number of carbonyl (C=O) groups excluding carboxylic acids is 1. The summed E-state index contributed by atoms with van der Waals surface area (Å²) in [7, 11) is 0. The summed E-state index contributed by atoms with van der Waals surface area (Å²) in [5.41, 5.74) is 7.20. The van der Waals surface area contributed by atoms with Crippen molar-refractivity contribution in [1.29, 1.82) is 0 Å². The molecular formula is C24H29ClN8OS. The van der Waals surface area contributed by atoms with E-state index in [0.717, 1.165) is 50.4 Å². The Morgan fingerprint density at radius 2 is 2.11 bits per heavy atom. The van der Waals surface area contributed by atoms with Crippen molar-refractivity contribution in [3.8, 4) is 0 Å². The van der Waals surface area contributed by atoms with Gasteiger partial charge in [-0.3, -0.25) is 9.69 Å². The Hall–Kier alpha value is -2.79. The van der Waals surface area contributed by atoms with Crippen LogP contribution >= 0.6 is 22.9 Å². The fourth-order valence-electron chi connectivity index (χ4n) is 4.87. The van der Waals surface area contributed by atoms with E-state index in [2.05, 4.69) is 30.4 Å². The first kappa shape index (κ1) is 23.9. The second-order valence-electron chi connectivity index (χ2n) is 9.03. The molecule has 0 radical (unpaired) electrons. The van der Waals surface area contributed by atoms with E-state index in [-0.39, 0.29) is 5.91 Å². The van der Waals surface area contributed by atoms with Gasteiger partial charge in [0.05, 0.1) is 16.9 Å². The third kappa shape index (κ3) is 5.11. The summed E-state index contributed by atoms with van der Waals surface area (Å²) in [6, 6.07) is 8.49. The lowest BCUT2D eigenvalue weighted by Gasteiger charge is -2.35. The van der Waals surface area contributed by atoms with E-state index >= 15 is 0 Å². The third-order valence-corrected chi connectivity index (χ3v) is 7.77. The Morgan fingerprint density at radius 3 is 2.86 bits per heavy atom. The first-order valence-corrected chi connectivity index (χ1v) is 13.0. The molecule has 2 aliphatic heterocycles. The average Bonchev–Trinajstić information content (AvgIpc) is 3.56. The molecule has 35 heavy (non-hydrogen) atoms. The molecule has 11 heteroatoms. The van der Waals surface area contributed by atoms with Crippen LogP contribution in [0.5, 0.6) is 0 Å². The third-order valence-electron chi connectivity index (χ3n) is 6.55. The maximum atomic E-state index is 12.8. The van der Waals surface area contributed by atoms with Crippen molar-refractivity contribution in [2.45, 2.75) is 38.8 Å². The zero-order chi connectivity index (χ0) is 24.5. The Labute approximate surface area is 213 Å². The average molecular weight is 513 g/mol. The molecule has 2 bridgehead atoms. The number of amides is 1. The van der Waals surface area contributed by atoms with Crippen LogP contribution in [0, 0.1) is 13.8 Å². The van der Waals surface area contributed by atoms with Crippen molar-refractivity contribution in [3.63, 3.8) is 0 Å². The molecule has 2 aromatic heterocycles. The van der Waals surface area contributed by atoms with Crippen molar-refractivity contribution in [1.82, 2.24) is 19.9 Å². The van der Waals surface area contributed by atoms with Gasteiger partial charge in [-0.15, -0.1) is 0 Å². The Balaban J connectivity index is 1.26. The van der Waals surface area contributed by atoms with E-state index in [1.807, 2.05) is 32.0 Å². The summed E-state index contributed by atoms with van der Waals surface area (Å²) < 4.78 is 0. The molecule has 0 spiro atoms. The maximum Gasteiger partial charge on any atom is 0.267 e. The highest BCUT2D eigenvalue weighted by molar-refractivity contribution is 7.17. The fraction of sp³-hybridized carbons (Fsp3) is 0.417. The number of anilines is 4. The van der Waals surface area contributed by atoms with Gasteiger partial charge in [0.15, 0.2) is 5.13 Å². The molecule has 4 N–H and O–H groups in total. The molecule has 2 atom stereocenters. The Morgan fingerprint density at radius 1 is 1.26 bits per heavy atom. The van der Waals surface area contributed by atoms with Crippen LogP contribution in [-0.2, 0) is 0 Å². The summed E-state index contributed by atoms with van der Waals surface area (Å²) in [6.07, 6.45) is 3.75. The summed E-state index contributed by atoms with van der Waals surface area (Å²) in [6.45, 7) is 7.61. The van der Waals surface area contributed by atoms with Gasteiger partial charge in [-0.25, -0.2) is 15.0 Å². The highest BCUT2D eigenvalue weighted by Crippen LogP contribution is 2.35. The molecular weight excluding hydrogens is 484 g/mol. The molecule has 9 nitrogen and oxygen atoms in total. The van der Waals surface area contributed by atoms with Gasteiger partial charge < -0.3 is 21.3 Å². The zero-order valence-corrected chi connectivity index (χ0v) is 21.4. The van der Waals surface area contributed by atoms with Gasteiger partial charge in [-0.1, -0.05) is 35.1 Å². The van der Waals surface area contributed by atoms with Gasteiger partial charge in [0.25, 0.3) is 5.91 Å². The number of piperazine rings is 1. The van der Waals surface area contributed by atoms with Gasteiger partial charge in [0.1, 0.15) is 22.3 Å². The van der Waals surface area contributed by atoms with Gasteiger partial charge in [0, 0.05) is 31.2 Å². The Bertz CT molecular complexity index is 1210. The summed E-state index contributed by atoms with van der Waals surface area (Å²) >= 11 is 7.51. The van der Waals surface area contributed by atoms with Gasteiger partial charge in [-0.2, -0.15) is 0 Å². The van der Waals surface area contributed by atoms with Crippen LogP contribution in [0.4, 0.5) is 22.5 Å². The molecule has 0 saturated carbocycles. The van der Waals surface area contributed by atoms with E-state index in [0.29, 0.717) is 44.4 Å². The summed E-state index contributed by atoms with van der Waals surface area (Å²) in [5, 5.41) is 7.23. The number of aromatic nitrogens is 3. The predicted molar refractivity (Wildman–Crippen MR) is 141 cm³/mol. The van der Waals surface area contributed by atoms with E-state index in [9.17, 15) is 4.79 Å². The second kappa shape index (κ2) is 10.1. The minimum Gasteiger partial charge on any atom is -0.351 e. The quantitative estimate of drug-likeness (QED) is 0.417. The molecule has 1 amide bonds. The molecule has 3 aromatic rings. The number of hydrogen-bond donors (Lipinski definition) is 3. The number of benzene rings is 1. The summed E-state index contributed by atoms with van der Waals surface area (Å²) in [4.78, 5) is 31.8. The smallest absolute Gasteiger partial charge is 0.267 e. The van der Waals surface area contributed by atoms with Crippen molar-refractivity contribution in [2.75, 3.05) is 41.7 Å². The van der Waals surface area contributed by atoms with Crippen LogP contribution < -0.4 is 21.3 Å². The number of halogens is 1. The lowest BCUT2D eigenvalue weighted by Crippen LogP contribution is -2.47. The van der Waals surface area contributed by atoms with E-state index in [4.69, 9.17) is 22.3 Å². The summed E-state index contributed by atoms with van der Waals surface area (Å²) in [5.74, 6) is 2.03. The minimum absolute atomic E-state index is 0.251. The van der Waals surface area contributed by atoms with Crippen molar-refractivity contribution < 1.29 is 4.79 Å². The number of nitrogens with zero attached hydrogens (tertiary/aromatic N) is 5. The highest BCUT2D eigenvalue weighted by Gasteiger charge is 2.43. The number of thiazole rings is 1. The monoisotopic (exact) mass is 512 g/mol. The topological polar surface area (TPSA) is 112 Å². The lowest BCUT2D eigenvalue weighted by atomic mass is 10.2. The number of rotatable bonds is 8. The van der Waals surface area contributed by atoms with Crippen molar-refractivity contribution in [3.05, 3.63) is 51.7 Å². The molecule has 184 valence electrons. The number of likely N-dealkylation sites (tertiary alicyclic amines) is 1. The van der Waals surface area contributed by atoms with Crippen LogP contribution in [0.25, 0.3) is 0 Å². The van der Waals surface area contributed by atoms with Crippen LogP contribution in [0.2, 0.25) is 5.02 Å². The molecule has 2 fully saturated rings. The van der Waals surface area contributed by atoms with Gasteiger partial charge in [0.2, 0.25) is 0 Å². The molecule has 4 heterocycles. The molecule has 0 aliphatic carbocycles. The number of hydrogen-bond acceptors (Lipinski definition) is 9. The SMILES string of the molecule is Cc1nc(Nc2ncc(C(=O)Nc3c(C)cccc3Cl)s2)cc(N2C[C@H]3C[C@@H]2CN3CCCN)n1. The first-order valence-electron chi connectivity index (χ1n) is 11.8. The lowest BCUT2D eigenvalue weighted by molar-refractivity contribution is 0.103. The maximum absolute atomic E-state index is 12.8. The number of fused-ring (bicyclic) bond motifs is 2. The van der Waals surface area contributed by atoms with Crippen LogP contribution in [0.15, 0.2) is 30.5 Å². The molecule has 2 aliphatic rings. The molecule has 0 unspecified atom stereocenters. The van der Waals surface area contributed by atoms with Crippen molar-refractivity contribution >= 4 is 51.3 Å². The second-order valence-corrected chi connectivity index (χ2v) is 10.5. The number of para-hydroxylation sites is 1. The van der Waals surface area contributed by atoms with Crippen LogP contribution in [-0.4, -0.2) is 64.0 Å². The number of nitrogens with one attached hydrogen (secondary N) is 2. The fourth-order valence-corrected chi connectivity index (χ4v) is 5.86. The predicted octanol–water partition coefficient (Wildman–Crippen LogP) is 3.81. The van der Waals surface area contributed by atoms with E-state index in [1.165, 1.54) is 11.3 Å². The first-order chi connectivity index (χ1) is 16.9. The minimum atomic E-state index is -0.251. The van der Waals surface area contributed by atoms with Gasteiger partial charge >= 0.3 is 0 Å². The van der Waals surface area contributed by atoms with Gasteiger partial charge in [-0.05, 0) is 51.4 Å². The van der Waals surface area contributed by atoms with E-state index < -0.39 is 0 Å². The highest BCUT2D eigenvalue weighted by atomic mass is 35.5. The molecule has 2 saturated heterocycles. The standard InChI is InChI=1S/C24H29ClN8OS/c1-14-5-3-6-18(25)22(14)31-23(34)19-11-27-24(35-19)30-20-10-21(29-15(2)28-20)33-13-16-9-17(33)12-32(16)8-4-7-26/h3,5-6,10-11,16-17H,4,7-9,12-13,26H2,1-2H3,(H,31,34)(H,27,28,29,30)/t16-,17-/m1/s1. The van der Waals surface area contributed by atoms with Crippen LogP contribution in [0.3, 0.4) is 0 Å². The molecule has 1 aromatic carbocycles. The Kier molecular flexibility index (Phi) is 6.88. The zero-order valence-electron chi connectivity index (χ0n) is 19.8. The number of nitrogens with two attached hydrogens (primary N) is 1. The molecule has 5 rings (SSSR count). The normalized spacial score (nSPS) is 19.4. The largest absolute Gasteiger partial charge is 0.351 e. The van der Waals surface area contributed by atoms with Crippen LogP contribution in [0.1, 0.15) is 33.9 Å². The number of carbonyl (C=O) groups is 1.